The van der Waals surface area contributed by atoms with Crippen LogP contribution in [0.2, 0.25) is 0 Å². The smallest absolute Gasteiger partial charge is 0.282 e. The molecule has 3 saturated heterocycles. The summed E-state index contributed by atoms with van der Waals surface area (Å²) in [7, 11) is -0.604. The van der Waals surface area contributed by atoms with Gasteiger partial charge in [-0.05, 0) is 25.7 Å². The van der Waals surface area contributed by atoms with Gasteiger partial charge < -0.3 is 20.1 Å². The highest BCUT2D eigenvalue weighted by atomic mass is 32.2. The van der Waals surface area contributed by atoms with Gasteiger partial charge in [-0.2, -0.15) is 41.7 Å². The third kappa shape index (κ3) is 4.70. The minimum Gasteiger partial charge on any atom is -0.479 e. The normalized spacial score (nSPS) is 24.8. The number of nitrogens with one attached hydrogen (secondary N) is 2. The predicted molar refractivity (Wildman–Crippen MR) is 131 cm³/mol. The Morgan fingerprint density at radius 3 is 2.62 bits per heavy atom. The lowest BCUT2D eigenvalue weighted by Gasteiger charge is -2.51. The van der Waals surface area contributed by atoms with Crippen LogP contribution in [-0.4, -0.2) is 87.7 Å². The summed E-state index contributed by atoms with van der Waals surface area (Å²) >= 11 is 0. The molecule has 0 amide bonds. The number of hydrogen-bond donors (Lipinski definition) is 3. The molecule has 0 aliphatic carbocycles. The number of ether oxygens (including phenoxy) is 1. The van der Waals surface area contributed by atoms with Crippen molar-refractivity contribution in [3.8, 4) is 11.9 Å². The molecule has 3 aliphatic rings. The molecule has 37 heavy (non-hydrogen) atoms. The van der Waals surface area contributed by atoms with Crippen molar-refractivity contribution in [2.45, 2.75) is 56.8 Å². The van der Waals surface area contributed by atoms with Gasteiger partial charge in [-0.15, -0.1) is 0 Å². The van der Waals surface area contributed by atoms with Gasteiger partial charge in [0, 0.05) is 44.3 Å². The zero-order chi connectivity index (χ0) is 26.3. The molecule has 0 saturated carbocycles. The molecule has 3 atom stereocenters. The number of aromatic nitrogens is 4. The lowest BCUT2D eigenvalue weighted by molar-refractivity contribution is 0.0930. The molecule has 3 N–H and O–H groups in total. The Bertz CT molecular complexity index is 1280. The van der Waals surface area contributed by atoms with Crippen molar-refractivity contribution in [1.29, 1.82) is 5.26 Å². The Morgan fingerprint density at radius 2 is 2.03 bits per heavy atom. The fraction of sp³-hybridized carbons (Fsp3) is 0.636. The van der Waals surface area contributed by atoms with Crippen LogP contribution in [0.15, 0.2) is 6.07 Å². The first-order valence-corrected chi connectivity index (χ1v) is 13.6. The molecule has 5 heterocycles. The summed E-state index contributed by atoms with van der Waals surface area (Å²) in [5.74, 6) is -0.746. The van der Waals surface area contributed by atoms with Crippen LogP contribution in [0.3, 0.4) is 0 Å². The number of fused-ring (bicyclic) bond motifs is 2. The molecule has 0 radical (unpaired) electrons. The maximum atomic E-state index is 15.3. The highest BCUT2D eigenvalue weighted by Crippen LogP contribution is 2.41. The fourth-order valence-electron chi connectivity index (χ4n) is 5.48. The van der Waals surface area contributed by atoms with Crippen molar-refractivity contribution >= 4 is 27.8 Å². The topological polar surface area (TPSA) is 164 Å². The van der Waals surface area contributed by atoms with Crippen molar-refractivity contribution in [2.24, 2.45) is 5.92 Å². The van der Waals surface area contributed by atoms with E-state index in [9.17, 15) is 13.5 Å². The third-order valence-corrected chi connectivity index (χ3v) is 9.51. The standard InChI is InChI=1S/C22H30FN9O4S/c1-30(20-19(23)21(36-2)27-22(26-20)25-18-6-14(12-33)28-29-18)17-7-15-4-3-5-16(8-17)32(15)37(34,35)31-10-13(9-24)11-31/h6,13,15-17,33H,3-5,7-8,10-12H2,1-2H3,(H2,25,26,27,28,29)/t15-,16+,17?. The Balaban J connectivity index is 1.37. The van der Waals surface area contributed by atoms with Crippen LogP contribution in [0, 0.1) is 23.1 Å². The van der Waals surface area contributed by atoms with E-state index in [4.69, 9.17) is 10.00 Å². The molecule has 0 spiro atoms. The number of rotatable bonds is 8. The van der Waals surface area contributed by atoms with Crippen molar-refractivity contribution in [3.05, 3.63) is 17.6 Å². The summed E-state index contributed by atoms with van der Waals surface area (Å²) in [6.07, 6.45) is 3.43. The van der Waals surface area contributed by atoms with Crippen LogP contribution in [0.1, 0.15) is 37.8 Å². The first-order valence-electron chi connectivity index (χ1n) is 12.2. The van der Waals surface area contributed by atoms with Crippen LogP contribution in [0.5, 0.6) is 5.88 Å². The van der Waals surface area contributed by atoms with Crippen molar-refractivity contribution in [3.63, 3.8) is 0 Å². The number of anilines is 3. The fourth-order valence-corrected chi connectivity index (χ4v) is 7.62. The first-order chi connectivity index (χ1) is 17.7. The van der Waals surface area contributed by atoms with Crippen LogP contribution < -0.4 is 15.0 Å². The van der Waals surface area contributed by atoms with E-state index in [1.807, 2.05) is 0 Å². The summed E-state index contributed by atoms with van der Waals surface area (Å²) < 4.78 is 50.2. The van der Waals surface area contributed by atoms with E-state index in [1.54, 1.807) is 22.3 Å². The lowest BCUT2D eigenvalue weighted by atomic mass is 9.83. The molecule has 0 aromatic carbocycles. The van der Waals surface area contributed by atoms with Crippen LogP contribution in [0.25, 0.3) is 0 Å². The second-order valence-corrected chi connectivity index (χ2v) is 11.5. The molecule has 2 aromatic rings. The van der Waals surface area contributed by atoms with Crippen LogP contribution >= 0.6 is 0 Å². The summed E-state index contributed by atoms with van der Waals surface area (Å²) in [5.41, 5.74) is 0.489. The average molecular weight is 536 g/mol. The minimum absolute atomic E-state index is 0.0336. The number of methoxy groups -OCH3 is 1. The van der Waals surface area contributed by atoms with Gasteiger partial charge in [-0.3, -0.25) is 5.10 Å². The lowest BCUT2D eigenvalue weighted by Crippen LogP contribution is -2.64. The number of H-pyrrole nitrogens is 1. The molecule has 5 rings (SSSR count). The number of halogens is 1. The SMILES string of the molecule is COc1nc(Nc2cc(CO)[nH]n2)nc(N(C)C2C[C@H]3CCC[C@@H](C2)N3S(=O)(=O)N2CC(C#N)C2)c1F. The zero-order valence-electron chi connectivity index (χ0n) is 20.6. The molecule has 3 aliphatic heterocycles. The zero-order valence-corrected chi connectivity index (χ0v) is 21.4. The van der Waals surface area contributed by atoms with Gasteiger partial charge in [0.05, 0.1) is 31.4 Å². The van der Waals surface area contributed by atoms with Gasteiger partial charge in [0.25, 0.3) is 16.1 Å². The number of nitrogens with zero attached hydrogens (tertiary/aromatic N) is 7. The molecule has 3 fully saturated rings. The Hall–Kier alpha value is -3.06. The molecule has 1 unspecified atom stereocenters. The molecule has 2 bridgehead atoms. The van der Waals surface area contributed by atoms with E-state index >= 15 is 4.39 Å². The van der Waals surface area contributed by atoms with E-state index in [0.29, 0.717) is 24.4 Å². The van der Waals surface area contributed by atoms with Gasteiger partial charge >= 0.3 is 0 Å². The summed E-state index contributed by atoms with van der Waals surface area (Å²) in [6, 6.07) is 3.13. The average Bonchev–Trinajstić information content (AvgIpc) is 3.30. The monoisotopic (exact) mass is 535 g/mol. The number of nitriles is 1. The van der Waals surface area contributed by atoms with E-state index in [-0.39, 0.29) is 61.4 Å². The summed E-state index contributed by atoms with van der Waals surface area (Å²) in [5, 5.41) is 27.9. The second kappa shape index (κ2) is 10.0. The molecule has 15 heteroatoms. The Labute approximate surface area is 214 Å². The number of aromatic amines is 1. The Kier molecular flexibility index (Phi) is 6.92. The van der Waals surface area contributed by atoms with Crippen molar-refractivity contribution in [1.82, 2.24) is 28.8 Å². The van der Waals surface area contributed by atoms with Crippen LogP contribution in [0.4, 0.5) is 22.0 Å². The maximum Gasteiger partial charge on any atom is 0.282 e. The highest BCUT2D eigenvalue weighted by molar-refractivity contribution is 7.86. The van der Waals surface area contributed by atoms with Gasteiger partial charge in [0.2, 0.25) is 11.8 Å². The minimum atomic E-state index is -3.66. The van der Waals surface area contributed by atoms with Gasteiger partial charge in [-0.25, -0.2) is 0 Å². The number of aliphatic hydroxyl groups excluding tert-OH is 1. The predicted octanol–water partition coefficient (Wildman–Crippen LogP) is 1.11. The van der Waals surface area contributed by atoms with E-state index in [1.165, 1.54) is 11.4 Å². The first kappa shape index (κ1) is 25.6. The molecule has 200 valence electrons. The van der Waals surface area contributed by atoms with E-state index in [2.05, 4.69) is 31.6 Å². The maximum absolute atomic E-state index is 15.3. The number of aliphatic hydroxyl groups is 1. The molecule has 2 aromatic heterocycles. The summed E-state index contributed by atoms with van der Waals surface area (Å²) in [6.45, 7) is 0.245. The summed E-state index contributed by atoms with van der Waals surface area (Å²) in [4.78, 5) is 10.2. The van der Waals surface area contributed by atoms with Gasteiger partial charge in [0.15, 0.2) is 11.6 Å². The third-order valence-electron chi connectivity index (χ3n) is 7.43. The largest absolute Gasteiger partial charge is 0.479 e. The number of hydrogen-bond acceptors (Lipinski definition) is 10. The second-order valence-electron chi connectivity index (χ2n) is 9.71. The number of piperidine rings is 2. The highest BCUT2D eigenvalue weighted by Gasteiger charge is 2.50. The molecule has 13 nitrogen and oxygen atoms in total. The Morgan fingerprint density at radius 1 is 1.32 bits per heavy atom. The van der Waals surface area contributed by atoms with Gasteiger partial charge in [0.1, 0.15) is 0 Å². The van der Waals surface area contributed by atoms with Gasteiger partial charge in [-0.1, -0.05) is 6.42 Å². The van der Waals surface area contributed by atoms with Crippen molar-refractivity contribution in [2.75, 3.05) is 37.5 Å². The van der Waals surface area contributed by atoms with Crippen LogP contribution in [-0.2, 0) is 16.8 Å². The molecular weight excluding hydrogens is 505 g/mol. The van der Waals surface area contributed by atoms with E-state index in [0.717, 1.165) is 19.3 Å². The quantitative estimate of drug-likeness (QED) is 0.446. The molecular formula is C22H30FN9O4S. The van der Waals surface area contributed by atoms with E-state index < -0.39 is 16.0 Å². The van der Waals surface area contributed by atoms with Crippen molar-refractivity contribution < 1.29 is 22.7 Å².